The molecule has 2 bridgehead atoms. The summed E-state index contributed by atoms with van der Waals surface area (Å²) in [6, 6.07) is 4.49. The first kappa shape index (κ1) is 20.2. The van der Waals surface area contributed by atoms with E-state index in [1.807, 2.05) is 6.92 Å². The van der Waals surface area contributed by atoms with Crippen LogP contribution in [0, 0.1) is 17.8 Å². The normalized spacial score (nSPS) is 25.6. The van der Waals surface area contributed by atoms with Crippen molar-refractivity contribution in [2.24, 2.45) is 17.8 Å². The number of nitrogens with zero attached hydrogens (tertiary/aromatic N) is 2. The van der Waals surface area contributed by atoms with E-state index >= 15 is 0 Å². The minimum Gasteiger partial charge on any atom is -0.360 e. The second kappa shape index (κ2) is 9.13. The Morgan fingerprint density at radius 1 is 1.32 bits per heavy atom. The topological polar surface area (TPSA) is 66.9 Å². The Morgan fingerprint density at radius 3 is 2.93 bits per heavy atom. The van der Waals surface area contributed by atoms with Crippen LogP contribution < -0.4 is 10.6 Å². The van der Waals surface area contributed by atoms with Gasteiger partial charge in [-0.15, -0.1) is 21.5 Å². The molecule has 0 radical (unpaired) electrons. The van der Waals surface area contributed by atoms with Crippen molar-refractivity contribution in [3.63, 3.8) is 0 Å². The second-order valence-corrected chi connectivity index (χ2v) is 11.6. The monoisotopic (exact) mass is 436 g/mol. The Bertz CT molecular complexity index is 778. The van der Waals surface area contributed by atoms with Crippen LogP contribution in [0.3, 0.4) is 0 Å². The van der Waals surface area contributed by atoms with Crippen LogP contribution in [-0.2, 0) is 11.2 Å². The first-order chi connectivity index (χ1) is 13.6. The molecule has 2 aromatic rings. The van der Waals surface area contributed by atoms with E-state index in [2.05, 4.69) is 45.3 Å². The van der Waals surface area contributed by atoms with E-state index < -0.39 is 0 Å². The largest absolute Gasteiger partial charge is 0.360 e. The maximum Gasteiger partial charge on any atom is 0.233 e. The molecule has 152 valence electrons. The van der Waals surface area contributed by atoms with Crippen LogP contribution in [0.25, 0.3) is 0 Å². The lowest BCUT2D eigenvalue weighted by molar-refractivity contribution is -0.121. The molecule has 4 rings (SSSR count). The predicted molar refractivity (Wildman–Crippen MR) is 118 cm³/mol. The van der Waals surface area contributed by atoms with Gasteiger partial charge in [-0.25, -0.2) is 0 Å². The number of rotatable bonds is 9. The Kier molecular flexibility index (Phi) is 6.58. The summed E-state index contributed by atoms with van der Waals surface area (Å²) in [7, 11) is 0. The molecule has 0 saturated heterocycles. The number of aromatic nitrogens is 2. The van der Waals surface area contributed by atoms with Gasteiger partial charge in [0.2, 0.25) is 11.0 Å². The van der Waals surface area contributed by atoms with Crippen molar-refractivity contribution < 1.29 is 4.79 Å². The van der Waals surface area contributed by atoms with E-state index in [-0.39, 0.29) is 17.2 Å². The fraction of sp³-hybridized carbons (Fsp3) is 0.650. The zero-order valence-electron chi connectivity index (χ0n) is 16.4. The Balaban J connectivity index is 1.21. The van der Waals surface area contributed by atoms with Crippen molar-refractivity contribution in [2.45, 2.75) is 61.6 Å². The molecule has 0 aliphatic heterocycles. The third-order valence-corrected chi connectivity index (χ3v) is 9.09. The molecule has 2 N–H and O–H groups in total. The number of hydrogen-bond donors (Lipinski definition) is 2. The quantitative estimate of drug-likeness (QED) is 0.559. The van der Waals surface area contributed by atoms with Crippen molar-refractivity contribution in [1.82, 2.24) is 15.5 Å². The van der Waals surface area contributed by atoms with Gasteiger partial charge in [-0.2, -0.15) is 0 Å². The van der Waals surface area contributed by atoms with Crippen LogP contribution in [0.15, 0.2) is 21.9 Å². The van der Waals surface area contributed by atoms with Gasteiger partial charge in [-0.05, 0) is 68.7 Å². The molecule has 28 heavy (non-hydrogen) atoms. The predicted octanol–water partition coefficient (Wildman–Crippen LogP) is 4.68. The number of anilines is 1. The van der Waals surface area contributed by atoms with Gasteiger partial charge in [-0.3, -0.25) is 4.79 Å². The molecule has 0 aromatic carbocycles. The first-order valence-corrected chi connectivity index (χ1v) is 12.7. The van der Waals surface area contributed by atoms with Gasteiger partial charge in [-0.1, -0.05) is 35.6 Å². The number of carbonyl (C=O) groups is 1. The molecule has 2 aromatic heterocycles. The molecule has 5 unspecified atom stereocenters. The Labute approximate surface area is 179 Å². The van der Waals surface area contributed by atoms with Crippen LogP contribution >= 0.6 is 34.4 Å². The summed E-state index contributed by atoms with van der Waals surface area (Å²) in [5.74, 6) is 2.52. The molecule has 2 fully saturated rings. The Morgan fingerprint density at radius 2 is 2.21 bits per heavy atom. The number of thiophene rings is 1. The molecule has 1 amide bonds. The highest BCUT2D eigenvalue weighted by Crippen LogP contribution is 2.49. The summed E-state index contributed by atoms with van der Waals surface area (Å²) < 4.78 is 0.842. The summed E-state index contributed by atoms with van der Waals surface area (Å²) in [5.41, 5.74) is 0. The minimum atomic E-state index is -0.159. The van der Waals surface area contributed by atoms with E-state index in [9.17, 15) is 4.79 Å². The van der Waals surface area contributed by atoms with E-state index in [1.165, 1.54) is 53.7 Å². The molecule has 2 heterocycles. The summed E-state index contributed by atoms with van der Waals surface area (Å²) >= 11 is 4.79. The van der Waals surface area contributed by atoms with Gasteiger partial charge >= 0.3 is 0 Å². The van der Waals surface area contributed by atoms with Crippen LogP contribution in [-0.4, -0.2) is 33.9 Å². The molecular weight excluding hydrogens is 408 g/mol. The van der Waals surface area contributed by atoms with E-state index in [0.29, 0.717) is 5.92 Å². The van der Waals surface area contributed by atoms with Crippen molar-refractivity contribution >= 4 is 45.5 Å². The number of nitrogens with one attached hydrogen (secondary N) is 2. The number of carbonyl (C=O) groups excluding carboxylic acids is 1. The molecular formula is C20H28N4OS3. The van der Waals surface area contributed by atoms with E-state index in [4.69, 9.17) is 0 Å². The molecule has 0 spiro atoms. The summed E-state index contributed by atoms with van der Waals surface area (Å²) in [6.07, 6.45) is 6.41. The zero-order chi connectivity index (χ0) is 19.5. The van der Waals surface area contributed by atoms with Crippen LogP contribution in [0.1, 0.15) is 44.4 Å². The van der Waals surface area contributed by atoms with Crippen LogP contribution in [0.2, 0.25) is 0 Å². The van der Waals surface area contributed by atoms with Crippen molar-refractivity contribution in [3.05, 3.63) is 22.4 Å². The van der Waals surface area contributed by atoms with Crippen LogP contribution in [0.5, 0.6) is 0 Å². The number of amides is 1. The molecule has 5 nitrogen and oxygen atoms in total. The smallest absolute Gasteiger partial charge is 0.233 e. The fourth-order valence-electron chi connectivity index (χ4n) is 4.64. The average Bonchev–Trinajstić information content (AvgIpc) is 3.47. The van der Waals surface area contributed by atoms with Gasteiger partial charge in [0.05, 0.1) is 5.25 Å². The fourth-order valence-corrected chi connectivity index (χ4v) is 7.28. The second-order valence-electron chi connectivity index (χ2n) is 8.03. The van der Waals surface area contributed by atoms with E-state index in [0.717, 1.165) is 34.3 Å². The van der Waals surface area contributed by atoms with E-state index in [1.54, 1.807) is 11.3 Å². The highest BCUT2D eigenvalue weighted by Gasteiger charge is 2.42. The highest BCUT2D eigenvalue weighted by molar-refractivity contribution is 8.02. The maximum absolute atomic E-state index is 12.6. The third-order valence-electron chi connectivity index (χ3n) is 6.09. The summed E-state index contributed by atoms with van der Waals surface area (Å²) in [4.78, 5) is 14.0. The standard InChI is InChI=1S/C20H28N4OS3/c1-12(17-11-14-5-6-15(17)10-14)22-18(25)13(2)27-20-24-23-19(28-20)21-8-7-16-4-3-9-26-16/h3-4,9,12-15,17H,5-8,10-11H2,1-2H3,(H,21,23)(H,22,25). The van der Waals surface area contributed by atoms with Crippen molar-refractivity contribution in [3.8, 4) is 0 Å². The first-order valence-electron chi connectivity index (χ1n) is 10.1. The number of fused-ring (bicyclic) bond motifs is 2. The maximum atomic E-state index is 12.6. The zero-order valence-corrected chi connectivity index (χ0v) is 18.8. The molecule has 5 atom stereocenters. The number of hydrogen-bond acceptors (Lipinski definition) is 7. The number of thioether (sulfide) groups is 1. The summed E-state index contributed by atoms with van der Waals surface area (Å²) in [6.45, 7) is 4.98. The molecule has 2 aliphatic rings. The van der Waals surface area contributed by atoms with Crippen molar-refractivity contribution in [1.29, 1.82) is 0 Å². The highest BCUT2D eigenvalue weighted by atomic mass is 32.2. The lowest BCUT2D eigenvalue weighted by Crippen LogP contribution is -2.43. The van der Waals surface area contributed by atoms with Gasteiger partial charge in [0.25, 0.3) is 0 Å². The lowest BCUT2D eigenvalue weighted by atomic mass is 9.84. The van der Waals surface area contributed by atoms with Gasteiger partial charge in [0, 0.05) is 17.5 Å². The third kappa shape index (κ3) is 4.89. The Hall–Kier alpha value is -1.12. The molecule has 2 saturated carbocycles. The average molecular weight is 437 g/mol. The van der Waals surface area contributed by atoms with Gasteiger partial charge in [0.15, 0.2) is 4.34 Å². The molecule has 8 heteroatoms. The lowest BCUT2D eigenvalue weighted by Gasteiger charge is -2.29. The minimum absolute atomic E-state index is 0.114. The van der Waals surface area contributed by atoms with Gasteiger partial charge < -0.3 is 10.6 Å². The van der Waals surface area contributed by atoms with Gasteiger partial charge in [0.1, 0.15) is 0 Å². The SMILES string of the molecule is CC(Sc1nnc(NCCc2cccs2)s1)C(=O)NC(C)C1CC2CCC1C2. The molecule has 2 aliphatic carbocycles. The van der Waals surface area contributed by atoms with Crippen molar-refractivity contribution in [2.75, 3.05) is 11.9 Å². The van der Waals surface area contributed by atoms with Crippen LogP contribution in [0.4, 0.5) is 5.13 Å². The summed E-state index contributed by atoms with van der Waals surface area (Å²) in [5, 5.41) is 17.8.